The molecule has 0 saturated carbocycles. The Morgan fingerprint density at radius 1 is 1.50 bits per heavy atom. The standard InChI is InChI=1S/C14H18N6O2/c1-2-3-12-17-13(19-18-12)11-9-20(6-7-22-11)14(21)10-8-15-4-5-16-10/h4-5,8,11H,2-3,6-7,9H2,1H3,(H,17,18,19). The quantitative estimate of drug-likeness (QED) is 0.895. The molecule has 0 spiro atoms. The van der Waals surface area contributed by atoms with Crippen molar-refractivity contribution in [3.8, 4) is 0 Å². The minimum absolute atomic E-state index is 0.147. The first-order valence-corrected chi connectivity index (χ1v) is 7.36. The van der Waals surface area contributed by atoms with Gasteiger partial charge in [0.05, 0.1) is 19.3 Å². The van der Waals surface area contributed by atoms with Crippen molar-refractivity contribution in [3.05, 3.63) is 35.9 Å². The summed E-state index contributed by atoms with van der Waals surface area (Å²) in [4.78, 5) is 26.5. The third kappa shape index (κ3) is 3.11. The van der Waals surface area contributed by atoms with Crippen molar-refractivity contribution in [3.63, 3.8) is 0 Å². The highest BCUT2D eigenvalue weighted by Gasteiger charge is 2.29. The largest absolute Gasteiger partial charge is 0.366 e. The molecule has 1 amide bonds. The summed E-state index contributed by atoms with van der Waals surface area (Å²) >= 11 is 0. The maximum absolute atomic E-state index is 12.4. The SMILES string of the molecule is CCCc1nc(C2CN(C(=O)c3cnccn3)CCO2)n[nH]1. The van der Waals surface area contributed by atoms with E-state index in [-0.39, 0.29) is 12.0 Å². The van der Waals surface area contributed by atoms with Gasteiger partial charge in [-0.05, 0) is 6.42 Å². The molecule has 1 fully saturated rings. The van der Waals surface area contributed by atoms with Crippen LogP contribution in [0, 0.1) is 0 Å². The lowest BCUT2D eigenvalue weighted by molar-refractivity contribution is -0.0268. The van der Waals surface area contributed by atoms with Gasteiger partial charge in [0.15, 0.2) is 5.82 Å². The minimum atomic E-state index is -0.309. The number of carbonyl (C=O) groups is 1. The molecule has 8 nitrogen and oxygen atoms in total. The highest BCUT2D eigenvalue weighted by molar-refractivity contribution is 5.92. The van der Waals surface area contributed by atoms with Gasteiger partial charge in [0, 0.05) is 25.4 Å². The van der Waals surface area contributed by atoms with Gasteiger partial charge in [0.2, 0.25) is 0 Å². The van der Waals surface area contributed by atoms with Gasteiger partial charge >= 0.3 is 0 Å². The van der Waals surface area contributed by atoms with E-state index >= 15 is 0 Å². The summed E-state index contributed by atoms with van der Waals surface area (Å²) in [5.41, 5.74) is 0.338. The Hall–Kier alpha value is -2.35. The molecule has 3 heterocycles. The van der Waals surface area contributed by atoms with Crippen LogP contribution in [-0.2, 0) is 11.2 Å². The number of morpholine rings is 1. The van der Waals surface area contributed by atoms with Gasteiger partial charge < -0.3 is 9.64 Å². The highest BCUT2D eigenvalue weighted by Crippen LogP contribution is 2.20. The Morgan fingerprint density at radius 2 is 2.41 bits per heavy atom. The zero-order valence-electron chi connectivity index (χ0n) is 12.4. The lowest BCUT2D eigenvalue weighted by Crippen LogP contribution is -2.42. The lowest BCUT2D eigenvalue weighted by Gasteiger charge is -2.31. The number of rotatable bonds is 4. The molecule has 1 N–H and O–H groups in total. The van der Waals surface area contributed by atoms with E-state index in [4.69, 9.17) is 4.74 Å². The average Bonchev–Trinajstić information content (AvgIpc) is 3.04. The number of hydrogen-bond donors (Lipinski definition) is 1. The van der Waals surface area contributed by atoms with Gasteiger partial charge in [0.1, 0.15) is 17.6 Å². The van der Waals surface area contributed by atoms with Crippen molar-refractivity contribution >= 4 is 5.91 Å². The van der Waals surface area contributed by atoms with Gasteiger partial charge in [-0.25, -0.2) is 9.97 Å². The maximum Gasteiger partial charge on any atom is 0.274 e. The topological polar surface area (TPSA) is 96.9 Å². The first-order chi connectivity index (χ1) is 10.8. The molecule has 1 aliphatic heterocycles. The molecule has 1 aliphatic rings. The van der Waals surface area contributed by atoms with Crippen LogP contribution in [0.5, 0.6) is 0 Å². The maximum atomic E-state index is 12.4. The third-order valence-corrected chi connectivity index (χ3v) is 3.46. The van der Waals surface area contributed by atoms with Crippen LogP contribution in [0.4, 0.5) is 0 Å². The smallest absolute Gasteiger partial charge is 0.274 e. The molecule has 0 aliphatic carbocycles. The number of nitrogens with zero attached hydrogens (tertiary/aromatic N) is 5. The van der Waals surface area contributed by atoms with Gasteiger partial charge in [-0.1, -0.05) is 6.92 Å². The Bertz CT molecular complexity index is 629. The predicted octanol–water partition coefficient (Wildman–Crippen LogP) is 0.761. The van der Waals surface area contributed by atoms with Crippen LogP contribution >= 0.6 is 0 Å². The number of aromatic nitrogens is 5. The van der Waals surface area contributed by atoms with Gasteiger partial charge in [0.25, 0.3) is 5.91 Å². The molecule has 1 unspecified atom stereocenters. The number of amides is 1. The zero-order valence-corrected chi connectivity index (χ0v) is 12.4. The second-order valence-corrected chi connectivity index (χ2v) is 5.09. The normalized spacial score (nSPS) is 18.4. The molecule has 1 atom stereocenters. The van der Waals surface area contributed by atoms with E-state index in [0.29, 0.717) is 31.2 Å². The molecule has 8 heteroatoms. The van der Waals surface area contributed by atoms with Gasteiger partial charge in [-0.3, -0.25) is 14.9 Å². The number of nitrogens with one attached hydrogen (secondary N) is 1. The van der Waals surface area contributed by atoms with Crippen molar-refractivity contribution in [2.45, 2.75) is 25.9 Å². The number of carbonyl (C=O) groups excluding carboxylic acids is 1. The Morgan fingerprint density at radius 3 is 3.18 bits per heavy atom. The first-order valence-electron chi connectivity index (χ1n) is 7.36. The van der Waals surface area contributed by atoms with Crippen molar-refractivity contribution in [2.24, 2.45) is 0 Å². The molecule has 3 rings (SSSR count). The third-order valence-electron chi connectivity index (χ3n) is 3.46. The molecule has 2 aromatic heterocycles. The summed E-state index contributed by atoms with van der Waals surface area (Å²) in [6.07, 6.45) is 6.06. The first kappa shape index (κ1) is 14.6. The van der Waals surface area contributed by atoms with E-state index in [9.17, 15) is 4.79 Å². The molecule has 22 heavy (non-hydrogen) atoms. The van der Waals surface area contributed by atoms with Crippen molar-refractivity contribution in [1.29, 1.82) is 0 Å². The van der Waals surface area contributed by atoms with E-state index in [2.05, 4.69) is 32.1 Å². The van der Waals surface area contributed by atoms with Crippen LogP contribution in [-0.4, -0.2) is 55.7 Å². The molecular weight excluding hydrogens is 284 g/mol. The Balaban J connectivity index is 1.69. The lowest BCUT2D eigenvalue weighted by atomic mass is 10.2. The van der Waals surface area contributed by atoms with E-state index in [1.165, 1.54) is 12.4 Å². The van der Waals surface area contributed by atoms with Crippen molar-refractivity contribution in [1.82, 2.24) is 30.0 Å². The van der Waals surface area contributed by atoms with Gasteiger partial charge in [-0.15, -0.1) is 0 Å². The van der Waals surface area contributed by atoms with E-state index in [1.54, 1.807) is 11.1 Å². The summed E-state index contributed by atoms with van der Waals surface area (Å²) in [6, 6.07) is 0. The van der Waals surface area contributed by atoms with Crippen LogP contribution in [0.1, 0.15) is 41.6 Å². The number of ether oxygens (including phenoxy) is 1. The summed E-state index contributed by atoms with van der Waals surface area (Å²) in [6.45, 7) is 3.48. The fraction of sp³-hybridized carbons (Fsp3) is 0.500. The number of aromatic amines is 1. The fourth-order valence-corrected chi connectivity index (χ4v) is 2.36. The molecule has 0 bridgehead atoms. The van der Waals surface area contributed by atoms with E-state index < -0.39 is 0 Å². The van der Waals surface area contributed by atoms with Crippen LogP contribution in [0.15, 0.2) is 18.6 Å². The minimum Gasteiger partial charge on any atom is -0.366 e. The summed E-state index contributed by atoms with van der Waals surface area (Å²) in [5.74, 6) is 1.30. The van der Waals surface area contributed by atoms with E-state index in [0.717, 1.165) is 18.7 Å². The molecule has 0 radical (unpaired) electrons. The molecule has 2 aromatic rings. The average molecular weight is 302 g/mol. The van der Waals surface area contributed by atoms with Crippen LogP contribution in [0.25, 0.3) is 0 Å². The second-order valence-electron chi connectivity index (χ2n) is 5.09. The molecule has 1 saturated heterocycles. The Labute approximate surface area is 127 Å². The molecular formula is C14H18N6O2. The summed E-state index contributed by atoms with van der Waals surface area (Å²) in [5, 5.41) is 7.11. The Kier molecular flexibility index (Phi) is 4.38. The fourth-order valence-electron chi connectivity index (χ4n) is 2.36. The van der Waals surface area contributed by atoms with Gasteiger partial charge in [-0.2, -0.15) is 5.10 Å². The van der Waals surface area contributed by atoms with Crippen molar-refractivity contribution in [2.75, 3.05) is 19.7 Å². The highest BCUT2D eigenvalue weighted by atomic mass is 16.5. The predicted molar refractivity (Wildman–Crippen MR) is 77.0 cm³/mol. The van der Waals surface area contributed by atoms with Crippen LogP contribution < -0.4 is 0 Å². The monoisotopic (exact) mass is 302 g/mol. The second kappa shape index (κ2) is 6.61. The van der Waals surface area contributed by atoms with Crippen molar-refractivity contribution < 1.29 is 9.53 Å². The van der Waals surface area contributed by atoms with Crippen LogP contribution in [0.3, 0.4) is 0 Å². The van der Waals surface area contributed by atoms with Crippen LogP contribution in [0.2, 0.25) is 0 Å². The molecule has 0 aromatic carbocycles. The molecule has 116 valence electrons. The number of H-pyrrole nitrogens is 1. The number of aryl methyl sites for hydroxylation is 1. The zero-order chi connectivity index (χ0) is 15.4. The summed E-state index contributed by atoms with van der Waals surface area (Å²) < 4.78 is 5.70. The van der Waals surface area contributed by atoms with E-state index in [1.807, 2.05) is 0 Å². The summed E-state index contributed by atoms with van der Waals surface area (Å²) in [7, 11) is 0. The number of hydrogen-bond acceptors (Lipinski definition) is 6.